The lowest BCUT2D eigenvalue weighted by molar-refractivity contribution is -0.216. The summed E-state index contributed by atoms with van der Waals surface area (Å²) in [5, 5.41) is 18.5. The molecule has 0 spiro atoms. The van der Waals surface area contributed by atoms with Crippen LogP contribution in [0.15, 0.2) is 0 Å². The van der Waals surface area contributed by atoms with Crippen molar-refractivity contribution in [1.29, 1.82) is 0 Å². The molecule has 2 heterocycles. The number of fused-ring (bicyclic) bond motifs is 1. The van der Waals surface area contributed by atoms with Gasteiger partial charge in [-0.25, -0.2) is 0 Å². The minimum absolute atomic E-state index is 0.00937. The van der Waals surface area contributed by atoms with Crippen LogP contribution in [0.2, 0.25) is 0 Å². The van der Waals surface area contributed by atoms with Gasteiger partial charge in [-0.1, -0.05) is 0 Å². The average molecular weight is 204 g/mol. The van der Waals surface area contributed by atoms with Gasteiger partial charge in [-0.2, -0.15) is 0 Å². The third-order valence-corrected chi connectivity index (χ3v) is 2.53. The smallest absolute Gasteiger partial charge is 0.190 e. The number of aliphatic hydroxyl groups is 2. The second-order valence-corrected chi connectivity index (χ2v) is 4.15. The van der Waals surface area contributed by atoms with Crippen molar-refractivity contribution in [3.05, 3.63) is 0 Å². The summed E-state index contributed by atoms with van der Waals surface area (Å²) in [6.07, 6.45) is -1.63. The third kappa shape index (κ3) is 1.66. The maximum Gasteiger partial charge on any atom is 0.190 e. The second kappa shape index (κ2) is 3.43. The highest BCUT2D eigenvalue weighted by Crippen LogP contribution is 2.37. The van der Waals surface area contributed by atoms with Crippen molar-refractivity contribution >= 4 is 0 Å². The van der Waals surface area contributed by atoms with Gasteiger partial charge in [0.2, 0.25) is 0 Å². The first-order chi connectivity index (χ1) is 6.53. The van der Waals surface area contributed by atoms with Gasteiger partial charge in [-0.15, -0.1) is 0 Å². The van der Waals surface area contributed by atoms with E-state index in [9.17, 15) is 5.11 Å². The Bertz CT molecular complexity index is 217. The van der Waals surface area contributed by atoms with Crippen molar-refractivity contribution in [2.75, 3.05) is 6.61 Å². The summed E-state index contributed by atoms with van der Waals surface area (Å²) in [5.41, 5.74) is 0. The van der Waals surface area contributed by atoms with E-state index in [4.69, 9.17) is 19.3 Å². The summed E-state index contributed by atoms with van der Waals surface area (Å²) in [5.74, 6) is -0.694. The molecule has 5 nitrogen and oxygen atoms in total. The van der Waals surface area contributed by atoms with Crippen LogP contribution >= 0.6 is 0 Å². The summed E-state index contributed by atoms with van der Waals surface area (Å²) in [4.78, 5) is 0. The van der Waals surface area contributed by atoms with Crippen LogP contribution in [0, 0.1) is 0 Å². The third-order valence-electron chi connectivity index (χ3n) is 2.53. The largest absolute Gasteiger partial charge is 0.396 e. The number of hydrogen-bond donors (Lipinski definition) is 2. The molecule has 2 N–H and O–H groups in total. The molecule has 2 fully saturated rings. The first-order valence-electron chi connectivity index (χ1n) is 4.83. The number of rotatable bonds is 2. The molecule has 0 saturated carbocycles. The fraction of sp³-hybridized carbons (Fsp3) is 1.00. The molecule has 0 aromatic heterocycles. The molecule has 14 heavy (non-hydrogen) atoms. The van der Waals surface area contributed by atoms with E-state index in [2.05, 4.69) is 0 Å². The molecule has 0 aromatic rings. The van der Waals surface area contributed by atoms with Crippen LogP contribution in [-0.4, -0.2) is 47.2 Å². The molecule has 82 valence electrons. The molecule has 0 amide bonds. The van der Waals surface area contributed by atoms with Crippen molar-refractivity contribution in [1.82, 2.24) is 0 Å². The van der Waals surface area contributed by atoms with Crippen LogP contribution in [0.5, 0.6) is 0 Å². The Morgan fingerprint density at radius 2 is 2.00 bits per heavy atom. The molecular formula is C9H16O5. The topological polar surface area (TPSA) is 68.2 Å². The quantitative estimate of drug-likeness (QED) is 0.641. The lowest BCUT2D eigenvalue weighted by atomic mass is 10.1. The molecule has 2 saturated heterocycles. The molecule has 0 radical (unpaired) electrons. The Hall–Kier alpha value is -0.200. The highest BCUT2D eigenvalue weighted by Gasteiger charge is 2.53. The lowest BCUT2D eigenvalue weighted by Gasteiger charge is -2.22. The first-order valence-corrected chi connectivity index (χ1v) is 4.83. The van der Waals surface area contributed by atoms with Gasteiger partial charge in [0.05, 0.1) is 6.10 Å². The minimum Gasteiger partial charge on any atom is -0.396 e. The minimum atomic E-state index is -0.714. The maximum absolute atomic E-state index is 9.78. The zero-order chi connectivity index (χ0) is 10.3. The van der Waals surface area contributed by atoms with Gasteiger partial charge in [0.1, 0.15) is 12.2 Å². The molecule has 2 aliphatic heterocycles. The molecule has 4 atom stereocenters. The summed E-state index contributed by atoms with van der Waals surface area (Å²) in [6, 6.07) is 0. The van der Waals surface area contributed by atoms with E-state index < -0.39 is 24.3 Å². The molecule has 0 aliphatic carbocycles. The highest BCUT2D eigenvalue weighted by atomic mass is 16.8. The predicted octanol–water partition coefficient (Wildman–Crippen LogP) is -0.394. The van der Waals surface area contributed by atoms with Crippen LogP contribution in [0.25, 0.3) is 0 Å². The second-order valence-electron chi connectivity index (χ2n) is 4.15. The van der Waals surface area contributed by atoms with Gasteiger partial charge >= 0.3 is 0 Å². The van der Waals surface area contributed by atoms with Crippen molar-refractivity contribution in [3.63, 3.8) is 0 Å². The zero-order valence-corrected chi connectivity index (χ0v) is 8.34. The molecule has 2 rings (SSSR count). The average Bonchev–Trinajstić information content (AvgIpc) is 2.50. The molecule has 5 heteroatoms. The maximum atomic E-state index is 9.78. The van der Waals surface area contributed by atoms with Crippen LogP contribution in [0.1, 0.15) is 20.3 Å². The van der Waals surface area contributed by atoms with Gasteiger partial charge in [0.15, 0.2) is 12.1 Å². The van der Waals surface area contributed by atoms with Crippen LogP contribution in [-0.2, 0) is 14.2 Å². The number of hydrogen-bond acceptors (Lipinski definition) is 5. The van der Waals surface area contributed by atoms with Crippen LogP contribution < -0.4 is 0 Å². The summed E-state index contributed by atoms with van der Waals surface area (Å²) in [7, 11) is 0. The first kappa shape index (κ1) is 10.3. The molecule has 0 bridgehead atoms. The van der Waals surface area contributed by atoms with E-state index in [1.54, 1.807) is 13.8 Å². The molecule has 2 unspecified atom stereocenters. The highest BCUT2D eigenvalue weighted by molar-refractivity contribution is 4.92. The summed E-state index contributed by atoms with van der Waals surface area (Å²) < 4.78 is 16.3. The van der Waals surface area contributed by atoms with E-state index in [-0.39, 0.29) is 12.7 Å². The van der Waals surface area contributed by atoms with Gasteiger partial charge in [0.25, 0.3) is 0 Å². The Morgan fingerprint density at radius 1 is 1.29 bits per heavy atom. The van der Waals surface area contributed by atoms with Gasteiger partial charge < -0.3 is 24.4 Å². The van der Waals surface area contributed by atoms with Crippen molar-refractivity contribution < 1.29 is 24.4 Å². The molecule has 0 aromatic carbocycles. The van der Waals surface area contributed by atoms with E-state index in [1.165, 1.54) is 0 Å². The van der Waals surface area contributed by atoms with Crippen LogP contribution in [0.3, 0.4) is 0 Å². The number of ether oxygens (including phenoxy) is 3. The van der Waals surface area contributed by atoms with Gasteiger partial charge in [0, 0.05) is 6.61 Å². The summed E-state index contributed by atoms with van der Waals surface area (Å²) in [6.45, 7) is 3.55. The Morgan fingerprint density at radius 3 is 2.57 bits per heavy atom. The van der Waals surface area contributed by atoms with E-state index in [1.807, 2.05) is 0 Å². The van der Waals surface area contributed by atoms with Crippen molar-refractivity contribution in [2.45, 2.75) is 50.7 Å². The number of aliphatic hydroxyl groups excluding tert-OH is 2. The van der Waals surface area contributed by atoms with Gasteiger partial charge in [-0.3, -0.25) is 0 Å². The summed E-state index contributed by atoms with van der Waals surface area (Å²) >= 11 is 0. The van der Waals surface area contributed by atoms with Crippen molar-refractivity contribution in [3.8, 4) is 0 Å². The normalized spacial score (nSPS) is 45.4. The van der Waals surface area contributed by atoms with E-state index in [0.29, 0.717) is 6.42 Å². The monoisotopic (exact) mass is 204 g/mol. The fourth-order valence-corrected chi connectivity index (χ4v) is 1.92. The zero-order valence-electron chi connectivity index (χ0n) is 8.34. The Labute approximate surface area is 82.6 Å². The Balaban J connectivity index is 2.00. The SMILES string of the molecule is CC1(C)OC2C(O)[C@@H](CCO)O[C@@H]2O1. The van der Waals surface area contributed by atoms with Crippen molar-refractivity contribution in [2.24, 2.45) is 0 Å². The Kier molecular flexibility index (Phi) is 2.53. The predicted molar refractivity (Wildman–Crippen MR) is 46.4 cm³/mol. The molecular weight excluding hydrogens is 188 g/mol. The van der Waals surface area contributed by atoms with E-state index in [0.717, 1.165) is 0 Å². The molecule has 2 aliphatic rings. The lowest BCUT2D eigenvalue weighted by Crippen LogP contribution is -2.34. The van der Waals surface area contributed by atoms with Gasteiger partial charge in [-0.05, 0) is 20.3 Å². The fourth-order valence-electron chi connectivity index (χ4n) is 1.92. The van der Waals surface area contributed by atoms with Crippen LogP contribution in [0.4, 0.5) is 0 Å². The standard InChI is InChI=1S/C9H16O5/c1-9(2)13-7-6(11)5(3-4-10)12-8(7)14-9/h5-8,10-11H,3-4H2,1-2H3/t5-,6?,7?,8-/m1/s1. The van der Waals surface area contributed by atoms with E-state index >= 15 is 0 Å².